The molecule has 0 aliphatic heterocycles. The van der Waals surface area contributed by atoms with E-state index in [0.717, 1.165) is 33.2 Å². The molecule has 2 aromatic heterocycles. The second-order valence-corrected chi connectivity index (χ2v) is 5.18. The zero-order valence-electron chi connectivity index (χ0n) is 11.8. The molecule has 0 fully saturated rings. The molecule has 7 heteroatoms. The Morgan fingerprint density at radius 1 is 1.24 bits per heavy atom. The smallest absolute Gasteiger partial charge is 0.161 e. The van der Waals surface area contributed by atoms with Crippen molar-refractivity contribution < 1.29 is 4.74 Å². The van der Waals surface area contributed by atoms with Crippen LogP contribution in [0.2, 0.25) is 0 Å². The number of aromatic amines is 1. The van der Waals surface area contributed by atoms with Gasteiger partial charge in [0.2, 0.25) is 0 Å². The summed E-state index contributed by atoms with van der Waals surface area (Å²) in [7, 11) is 1.66. The lowest BCUT2D eigenvalue weighted by Crippen LogP contribution is -2.02. The van der Waals surface area contributed by atoms with Gasteiger partial charge in [-0.1, -0.05) is 12.1 Å². The van der Waals surface area contributed by atoms with E-state index in [2.05, 4.69) is 25.5 Å². The highest BCUT2D eigenvalue weighted by Gasteiger charge is 2.11. The van der Waals surface area contributed by atoms with Crippen LogP contribution in [-0.4, -0.2) is 33.5 Å². The molecule has 2 heterocycles. The quantitative estimate of drug-likeness (QED) is 0.706. The zero-order valence-corrected chi connectivity index (χ0v) is 12.6. The molecule has 0 bridgehead atoms. The van der Waals surface area contributed by atoms with Gasteiger partial charge in [-0.3, -0.25) is 5.10 Å². The molecule has 0 aliphatic rings. The molecule has 6 nitrogen and oxygen atoms in total. The number of fused-ring (bicyclic) bond motifs is 1. The molecule has 0 spiro atoms. The molecule has 108 valence electrons. The first-order chi connectivity index (χ1) is 10.3. The Hall–Kier alpha value is -2.28. The van der Waals surface area contributed by atoms with Crippen LogP contribution in [0.1, 0.15) is 5.56 Å². The summed E-state index contributed by atoms with van der Waals surface area (Å²) in [5.74, 6) is 1.64. The molecule has 0 radical (unpaired) electrons. The average Bonchev–Trinajstić information content (AvgIpc) is 2.97. The third-order valence-electron chi connectivity index (χ3n) is 3.14. The summed E-state index contributed by atoms with van der Waals surface area (Å²) in [5.41, 5.74) is 1.89. The number of thioether (sulfide) groups is 1. The van der Waals surface area contributed by atoms with Crippen molar-refractivity contribution in [2.45, 2.75) is 11.6 Å². The van der Waals surface area contributed by atoms with Crippen molar-refractivity contribution in [3.05, 3.63) is 36.2 Å². The number of aromatic nitrogens is 4. The minimum atomic E-state index is 0.676. The minimum absolute atomic E-state index is 0.676. The lowest BCUT2D eigenvalue weighted by Gasteiger charge is -2.07. The van der Waals surface area contributed by atoms with E-state index in [0.29, 0.717) is 6.54 Å². The van der Waals surface area contributed by atoms with Crippen LogP contribution >= 0.6 is 11.8 Å². The lowest BCUT2D eigenvalue weighted by molar-refractivity contribution is 0.414. The Bertz CT molecular complexity index is 741. The maximum atomic E-state index is 5.15. The van der Waals surface area contributed by atoms with E-state index in [1.165, 1.54) is 6.33 Å². The van der Waals surface area contributed by atoms with Crippen LogP contribution in [0.3, 0.4) is 0 Å². The number of rotatable bonds is 5. The van der Waals surface area contributed by atoms with Crippen molar-refractivity contribution in [1.29, 1.82) is 0 Å². The van der Waals surface area contributed by atoms with Gasteiger partial charge in [-0.15, -0.1) is 11.8 Å². The van der Waals surface area contributed by atoms with E-state index >= 15 is 0 Å². The molecule has 0 atom stereocenters. The predicted molar refractivity (Wildman–Crippen MR) is 83.8 cm³/mol. The highest BCUT2D eigenvalue weighted by atomic mass is 32.2. The molecule has 0 aliphatic carbocycles. The maximum absolute atomic E-state index is 5.15. The third kappa shape index (κ3) is 2.78. The van der Waals surface area contributed by atoms with E-state index in [9.17, 15) is 0 Å². The molecule has 0 saturated carbocycles. The average molecular weight is 301 g/mol. The molecule has 0 saturated heterocycles. The van der Waals surface area contributed by atoms with Crippen molar-refractivity contribution >= 4 is 28.6 Å². The van der Waals surface area contributed by atoms with E-state index in [4.69, 9.17) is 4.74 Å². The number of hydrogen-bond donors (Lipinski definition) is 2. The van der Waals surface area contributed by atoms with Crippen LogP contribution in [0.4, 0.5) is 5.82 Å². The number of H-pyrrole nitrogens is 1. The number of methoxy groups -OCH3 is 1. The summed E-state index contributed by atoms with van der Waals surface area (Å²) >= 11 is 1.57. The predicted octanol–water partition coefficient (Wildman–Crippen LogP) is 2.70. The molecule has 21 heavy (non-hydrogen) atoms. The third-order valence-corrected chi connectivity index (χ3v) is 3.82. The number of anilines is 1. The molecule has 1 aromatic carbocycles. The fourth-order valence-electron chi connectivity index (χ4n) is 2.04. The fourth-order valence-corrected chi connectivity index (χ4v) is 2.58. The number of benzene rings is 1. The first kappa shape index (κ1) is 13.7. The second-order valence-electron chi connectivity index (χ2n) is 4.38. The van der Waals surface area contributed by atoms with Crippen molar-refractivity contribution in [3.8, 4) is 5.75 Å². The van der Waals surface area contributed by atoms with Crippen LogP contribution in [-0.2, 0) is 6.54 Å². The standard InChI is InChI=1S/C14H15N5OS/c1-20-10-5-3-9(4-6-10)7-15-12-11-13(17-8-16-12)18-19-14(11)21-2/h3-6,8H,7H2,1-2H3,(H2,15,16,17,18,19). The number of hydrogen-bond acceptors (Lipinski definition) is 6. The second kappa shape index (κ2) is 6.01. The van der Waals surface area contributed by atoms with Gasteiger partial charge < -0.3 is 10.1 Å². The zero-order chi connectivity index (χ0) is 14.7. The van der Waals surface area contributed by atoms with Gasteiger partial charge in [-0.2, -0.15) is 5.10 Å². The van der Waals surface area contributed by atoms with Crippen molar-refractivity contribution in [2.75, 3.05) is 18.7 Å². The van der Waals surface area contributed by atoms with E-state index in [-0.39, 0.29) is 0 Å². The number of nitrogens with one attached hydrogen (secondary N) is 2. The lowest BCUT2D eigenvalue weighted by atomic mass is 10.2. The van der Waals surface area contributed by atoms with Crippen molar-refractivity contribution in [1.82, 2.24) is 20.2 Å². The molecule has 2 N–H and O–H groups in total. The summed E-state index contributed by atoms with van der Waals surface area (Å²) in [6, 6.07) is 7.93. The SMILES string of the molecule is COc1ccc(CNc2ncnc3[nH]nc(SC)c23)cc1. The topological polar surface area (TPSA) is 75.7 Å². The van der Waals surface area contributed by atoms with Gasteiger partial charge in [-0.25, -0.2) is 9.97 Å². The van der Waals surface area contributed by atoms with Gasteiger partial charge in [0, 0.05) is 6.54 Å². The maximum Gasteiger partial charge on any atom is 0.161 e. The van der Waals surface area contributed by atoms with E-state index in [1.54, 1.807) is 18.9 Å². The largest absolute Gasteiger partial charge is 0.497 e. The molecule has 3 aromatic rings. The highest BCUT2D eigenvalue weighted by Crippen LogP contribution is 2.27. The van der Waals surface area contributed by atoms with Crippen LogP contribution in [0.5, 0.6) is 5.75 Å². The minimum Gasteiger partial charge on any atom is -0.497 e. The van der Waals surface area contributed by atoms with E-state index < -0.39 is 0 Å². The molecular weight excluding hydrogens is 286 g/mol. The Morgan fingerprint density at radius 2 is 2.05 bits per heavy atom. The van der Waals surface area contributed by atoms with Gasteiger partial charge in [0.1, 0.15) is 22.9 Å². The first-order valence-electron chi connectivity index (χ1n) is 6.41. The fraction of sp³-hybridized carbons (Fsp3) is 0.214. The van der Waals surface area contributed by atoms with Crippen LogP contribution < -0.4 is 10.1 Å². The van der Waals surface area contributed by atoms with Gasteiger partial charge in [0.05, 0.1) is 12.5 Å². The summed E-state index contributed by atoms with van der Waals surface area (Å²) in [6.45, 7) is 0.676. The molecule has 0 unspecified atom stereocenters. The number of ether oxygens (including phenoxy) is 1. The monoisotopic (exact) mass is 301 g/mol. The van der Waals surface area contributed by atoms with E-state index in [1.807, 2.05) is 30.5 Å². The summed E-state index contributed by atoms with van der Waals surface area (Å²) in [6.07, 6.45) is 3.51. The Kier molecular flexibility index (Phi) is 3.92. The highest BCUT2D eigenvalue weighted by molar-refractivity contribution is 7.98. The van der Waals surface area contributed by atoms with Crippen molar-refractivity contribution in [2.24, 2.45) is 0 Å². The number of nitrogens with zero attached hydrogens (tertiary/aromatic N) is 3. The summed E-state index contributed by atoms with van der Waals surface area (Å²) in [5, 5.41) is 12.3. The van der Waals surface area contributed by atoms with Gasteiger partial charge in [0.25, 0.3) is 0 Å². The first-order valence-corrected chi connectivity index (χ1v) is 7.64. The summed E-state index contributed by atoms with van der Waals surface area (Å²) < 4.78 is 5.15. The Balaban J connectivity index is 1.82. The molecule has 0 amide bonds. The van der Waals surface area contributed by atoms with Crippen LogP contribution in [0, 0.1) is 0 Å². The van der Waals surface area contributed by atoms with Gasteiger partial charge in [0.15, 0.2) is 5.65 Å². The van der Waals surface area contributed by atoms with Crippen molar-refractivity contribution in [3.63, 3.8) is 0 Å². The molecule has 3 rings (SSSR count). The van der Waals surface area contributed by atoms with Gasteiger partial charge in [-0.05, 0) is 24.0 Å². The Labute approximate surface area is 126 Å². The van der Waals surface area contributed by atoms with Gasteiger partial charge >= 0.3 is 0 Å². The normalized spacial score (nSPS) is 10.8. The summed E-state index contributed by atoms with van der Waals surface area (Å²) in [4.78, 5) is 8.51. The van der Waals surface area contributed by atoms with Crippen LogP contribution in [0.15, 0.2) is 35.6 Å². The Morgan fingerprint density at radius 3 is 2.76 bits per heavy atom. The molecular formula is C14H15N5OS. The van der Waals surface area contributed by atoms with Crippen LogP contribution in [0.25, 0.3) is 11.0 Å².